The minimum absolute atomic E-state index is 0.00188. The highest BCUT2D eigenvalue weighted by molar-refractivity contribution is 7.13. The Morgan fingerprint density at radius 3 is 2.43 bits per heavy atom. The lowest BCUT2D eigenvalue weighted by Crippen LogP contribution is -2.44. The number of alkyl halides is 3. The molecule has 1 aromatic heterocycles. The van der Waals surface area contributed by atoms with Gasteiger partial charge in [-0.2, -0.15) is 13.2 Å². The van der Waals surface area contributed by atoms with E-state index in [1.54, 1.807) is 19.9 Å². The van der Waals surface area contributed by atoms with Crippen molar-refractivity contribution in [2.45, 2.75) is 58.2 Å². The van der Waals surface area contributed by atoms with E-state index in [4.69, 9.17) is 4.74 Å². The molecule has 3 heterocycles. The molecule has 2 saturated heterocycles. The topological polar surface area (TPSA) is 62.7 Å². The van der Waals surface area contributed by atoms with Crippen molar-refractivity contribution in [2.75, 3.05) is 37.7 Å². The number of aromatic nitrogens is 1. The second-order valence-corrected chi connectivity index (χ2v) is 10.2. The highest BCUT2D eigenvalue weighted by atomic mass is 32.1. The van der Waals surface area contributed by atoms with Crippen LogP contribution in [0.15, 0.2) is 18.2 Å². The van der Waals surface area contributed by atoms with Crippen LogP contribution in [-0.4, -0.2) is 60.5 Å². The number of benzene rings is 1. The van der Waals surface area contributed by atoms with Gasteiger partial charge in [0.2, 0.25) is 0 Å². The van der Waals surface area contributed by atoms with Gasteiger partial charge in [-0.15, -0.1) is 11.3 Å². The first-order valence-electron chi connectivity index (χ1n) is 12.0. The lowest BCUT2D eigenvalue weighted by Gasteiger charge is -2.38. The standard InChI is InChI=1S/C25H30F3N3O3S/c1-3-34-24(33)23-16(2)29-22(35-23)15-21(32)17-12-18(25(26,27)28)14-20(13-17)31-10-6-19(7-11-31)30-8-4-5-9-30/h12-14,19H,3-11,15H2,1-2H3. The molecule has 0 amide bonds. The first kappa shape index (κ1) is 25.6. The van der Waals surface area contributed by atoms with Gasteiger partial charge >= 0.3 is 12.1 Å². The van der Waals surface area contributed by atoms with Gasteiger partial charge in [0.1, 0.15) is 9.88 Å². The van der Waals surface area contributed by atoms with Gasteiger partial charge in [0.05, 0.1) is 24.3 Å². The van der Waals surface area contributed by atoms with Crippen LogP contribution in [0.5, 0.6) is 0 Å². The minimum Gasteiger partial charge on any atom is -0.462 e. The summed E-state index contributed by atoms with van der Waals surface area (Å²) >= 11 is 1.04. The quantitative estimate of drug-likeness (QED) is 0.381. The highest BCUT2D eigenvalue weighted by Gasteiger charge is 2.33. The maximum atomic E-state index is 13.7. The summed E-state index contributed by atoms with van der Waals surface area (Å²) in [5, 5.41) is 0.376. The molecule has 0 aliphatic carbocycles. The third-order valence-corrected chi connectivity index (χ3v) is 7.80. The molecule has 0 unspecified atom stereocenters. The number of esters is 1. The average Bonchev–Trinajstić information content (AvgIpc) is 3.48. The van der Waals surface area contributed by atoms with E-state index in [9.17, 15) is 22.8 Å². The Labute approximate surface area is 207 Å². The summed E-state index contributed by atoms with van der Waals surface area (Å²) in [6, 6.07) is 4.08. The maximum Gasteiger partial charge on any atom is 0.416 e. The lowest BCUT2D eigenvalue weighted by atomic mass is 9.99. The van der Waals surface area contributed by atoms with Gasteiger partial charge in [-0.1, -0.05) is 0 Å². The number of hydrogen-bond donors (Lipinski definition) is 0. The summed E-state index contributed by atoms with van der Waals surface area (Å²) in [7, 11) is 0. The third-order valence-electron chi connectivity index (χ3n) is 6.67. The van der Waals surface area contributed by atoms with Gasteiger partial charge in [-0.3, -0.25) is 4.79 Å². The molecule has 10 heteroatoms. The zero-order chi connectivity index (χ0) is 25.2. The molecule has 0 bridgehead atoms. The summed E-state index contributed by atoms with van der Waals surface area (Å²) in [6.07, 6.45) is -0.530. The van der Waals surface area contributed by atoms with Crippen molar-refractivity contribution in [3.63, 3.8) is 0 Å². The Morgan fingerprint density at radius 1 is 1.11 bits per heavy atom. The number of likely N-dealkylation sites (tertiary alicyclic amines) is 1. The summed E-state index contributed by atoms with van der Waals surface area (Å²) in [4.78, 5) is 34.1. The van der Waals surface area contributed by atoms with Crippen LogP contribution in [0.2, 0.25) is 0 Å². The Kier molecular flexibility index (Phi) is 7.80. The Bertz CT molecular complexity index is 1070. The van der Waals surface area contributed by atoms with Crippen molar-refractivity contribution in [3.8, 4) is 0 Å². The van der Waals surface area contributed by atoms with Gasteiger partial charge in [0.25, 0.3) is 0 Å². The lowest BCUT2D eigenvalue weighted by molar-refractivity contribution is -0.137. The van der Waals surface area contributed by atoms with E-state index < -0.39 is 23.5 Å². The van der Waals surface area contributed by atoms with Crippen LogP contribution in [0.25, 0.3) is 0 Å². The summed E-state index contributed by atoms with van der Waals surface area (Å²) in [5.41, 5.74) is 0.0389. The predicted molar refractivity (Wildman–Crippen MR) is 128 cm³/mol. The summed E-state index contributed by atoms with van der Waals surface area (Å²) in [6.45, 7) is 7.06. The fourth-order valence-electron chi connectivity index (χ4n) is 4.87. The zero-order valence-corrected chi connectivity index (χ0v) is 20.8. The van der Waals surface area contributed by atoms with Crippen LogP contribution in [-0.2, 0) is 17.3 Å². The molecule has 2 aliphatic heterocycles. The van der Waals surface area contributed by atoms with Crippen LogP contribution in [0.4, 0.5) is 18.9 Å². The first-order valence-corrected chi connectivity index (χ1v) is 12.8. The Morgan fingerprint density at radius 2 is 1.80 bits per heavy atom. The average molecular weight is 510 g/mol. The van der Waals surface area contributed by atoms with Crippen molar-refractivity contribution < 1.29 is 27.5 Å². The minimum atomic E-state index is -4.56. The van der Waals surface area contributed by atoms with E-state index in [2.05, 4.69) is 9.88 Å². The fraction of sp³-hybridized carbons (Fsp3) is 0.560. The molecular weight excluding hydrogens is 479 g/mol. The zero-order valence-electron chi connectivity index (χ0n) is 20.0. The van der Waals surface area contributed by atoms with E-state index in [0.29, 0.717) is 40.4 Å². The molecule has 1 aromatic carbocycles. The van der Waals surface area contributed by atoms with E-state index in [1.165, 1.54) is 12.8 Å². The van der Waals surface area contributed by atoms with Gasteiger partial charge in [-0.05, 0) is 70.8 Å². The normalized spacial score (nSPS) is 17.7. The molecule has 0 atom stereocenters. The number of halogens is 3. The maximum absolute atomic E-state index is 13.7. The van der Waals surface area contributed by atoms with Crippen LogP contribution in [0, 0.1) is 6.92 Å². The SMILES string of the molecule is CCOC(=O)c1sc(CC(=O)c2cc(N3CCC(N4CCCC4)CC3)cc(C(F)(F)F)c2)nc1C. The highest BCUT2D eigenvalue weighted by Crippen LogP contribution is 2.35. The number of anilines is 1. The number of nitrogens with zero attached hydrogens (tertiary/aromatic N) is 3. The third kappa shape index (κ3) is 6.03. The molecule has 0 N–H and O–H groups in total. The van der Waals surface area contributed by atoms with Crippen molar-refractivity contribution in [3.05, 3.63) is 44.9 Å². The largest absolute Gasteiger partial charge is 0.462 e. The number of carbonyl (C=O) groups excluding carboxylic acids is 2. The molecule has 0 radical (unpaired) electrons. The van der Waals surface area contributed by atoms with Crippen molar-refractivity contribution in [1.82, 2.24) is 9.88 Å². The number of carbonyl (C=O) groups is 2. The summed E-state index contributed by atoms with van der Waals surface area (Å²) in [5.74, 6) is -0.978. The molecule has 2 aliphatic rings. The van der Waals surface area contributed by atoms with Crippen LogP contribution < -0.4 is 4.90 Å². The molecule has 6 nitrogen and oxygen atoms in total. The van der Waals surface area contributed by atoms with Gasteiger partial charge in [0.15, 0.2) is 5.78 Å². The van der Waals surface area contributed by atoms with E-state index in [0.717, 1.165) is 49.4 Å². The van der Waals surface area contributed by atoms with Crippen LogP contribution in [0.3, 0.4) is 0 Å². The number of ether oxygens (including phenoxy) is 1. The molecule has 0 saturated carbocycles. The molecular formula is C25H30F3N3O3S. The van der Waals surface area contributed by atoms with Gasteiger partial charge < -0.3 is 14.5 Å². The molecule has 0 spiro atoms. The number of hydrogen-bond acceptors (Lipinski definition) is 7. The van der Waals surface area contributed by atoms with E-state index >= 15 is 0 Å². The molecule has 4 rings (SSSR count). The molecule has 2 aromatic rings. The summed E-state index contributed by atoms with van der Waals surface area (Å²) < 4.78 is 46.1. The second-order valence-electron chi connectivity index (χ2n) is 9.07. The molecule has 190 valence electrons. The molecule has 35 heavy (non-hydrogen) atoms. The van der Waals surface area contributed by atoms with Gasteiger partial charge in [0, 0.05) is 30.4 Å². The number of aryl methyl sites for hydroxylation is 1. The second kappa shape index (κ2) is 10.7. The number of rotatable bonds is 7. The number of thiazole rings is 1. The Hall–Kier alpha value is -2.46. The smallest absolute Gasteiger partial charge is 0.416 e. The fourth-order valence-corrected chi connectivity index (χ4v) is 5.82. The van der Waals surface area contributed by atoms with Gasteiger partial charge in [-0.25, -0.2) is 9.78 Å². The van der Waals surface area contributed by atoms with Crippen molar-refractivity contribution in [2.24, 2.45) is 0 Å². The van der Waals surface area contributed by atoms with E-state index in [1.807, 2.05) is 4.90 Å². The predicted octanol–water partition coefficient (Wildman–Crippen LogP) is 5.14. The van der Waals surface area contributed by atoms with Crippen molar-refractivity contribution >= 4 is 28.8 Å². The van der Waals surface area contributed by atoms with E-state index in [-0.39, 0.29) is 18.6 Å². The van der Waals surface area contributed by atoms with Crippen LogP contribution >= 0.6 is 11.3 Å². The molecule has 2 fully saturated rings. The van der Waals surface area contributed by atoms with Crippen LogP contribution in [0.1, 0.15) is 68.9 Å². The Balaban J connectivity index is 1.52. The number of ketones is 1. The first-order chi connectivity index (χ1) is 16.7. The number of piperidine rings is 1. The van der Waals surface area contributed by atoms with Crippen molar-refractivity contribution in [1.29, 1.82) is 0 Å². The number of Topliss-reactive ketones (excluding diaryl/α,β-unsaturated/α-hetero) is 1. The monoisotopic (exact) mass is 509 g/mol.